The predicted molar refractivity (Wildman–Crippen MR) is 102 cm³/mol. The van der Waals surface area contributed by atoms with Crippen LogP contribution in [0.5, 0.6) is 5.75 Å². The van der Waals surface area contributed by atoms with E-state index in [0.717, 1.165) is 18.7 Å². The summed E-state index contributed by atoms with van der Waals surface area (Å²) in [5.41, 5.74) is 9.88. The molecule has 0 aliphatic heterocycles. The van der Waals surface area contributed by atoms with Crippen LogP contribution in [0.3, 0.4) is 0 Å². The molecule has 2 atom stereocenters. The first-order valence-electron chi connectivity index (χ1n) is 8.86. The van der Waals surface area contributed by atoms with Gasteiger partial charge in [-0.15, -0.1) is 0 Å². The second-order valence-corrected chi connectivity index (χ2v) is 8.99. The lowest BCUT2D eigenvalue weighted by Crippen LogP contribution is -2.21. The highest BCUT2D eigenvalue weighted by Gasteiger charge is 2.29. The molecule has 0 aromatic heterocycles. The van der Waals surface area contributed by atoms with E-state index < -0.39 is 0 Å². The number of hydrogen-bond donors (Lipinski definition) is 1. The Morgan fingerprint density at radius 3 is 1.70 bits per heavy atom. The van der Waals surface area contributed by atoms with Crippen LogP contribution in [0.4, 0.5) is 0 Å². The van der Waals surface area contributed by atoms with Gasteiger partial charge in [-0.2, -0.15) is 0 Å². The highest BCUT2D eigenvalue weighted by molar-refractivity contribution is 5.51. The van der Waals surface area contributed by atoms with Gasteiger partial charge in [-0.1, -0.05) is 67.5 Å². The van der Waals surface area contributed by atoms with E-state index in [1.54, 1.807) is 7.11 Å². The molecule has 2 nitrogen and oxygen atoms in total. The summed E-state index contributed by atoms with van der Waals surface area (Å²) in [5.74, 6) is 2.12. The Bertz CT molecular complexity index is 485. The van der Waals surface area contributed by atoms with Crippen molar-refractivity contribution in [3.8, 4) is 5.75 Å². The molecular formula is C21H37NO. The Kier molecular flexibility index (Phi) is 6.32. The normalized spacial score (nSPS) is 15.4. The van der Waals surface area contributed by atoms with Gasteiger partial charge >= 0.3 is 0 Å². The maximum Gasteiger partial charge on any atom is 0.126 e. The molecule has 1 aromatic rings. The van der Waals surface area contributed by atoms with E-state index in [2.05, 4.69) is 67.5 Å². The Morgan fingerprint density at radius 1 is 0.957 bits per heavy atom. The third-order valence-electron chi connectivity index (χ3n) is 4.93. The summed E-state index contributed by atoms with van der Waals surface area (Å²) in [5, 5.41) is 0. The Labute approximate surface area is 143 Å². The van der Waals surface area contributed by atoms with Gasteiger partial charge in [0.2, 0.25) is 0 Å². The van der Waals surface area contributed by atoms with Gasteiger partial charge in [0, 0.05) is 11.1 Å². The van der Waals surface area contributed by atoms with Crippen LogP contribution in [0.1, 0.15) is 84.4 Å². The molecule has 0 aliphatic rings. The van der Waals surface area contributed by atoms with Gasteiger partial charge in [0.15, 0.2) is 0 Å². The van der Waals surface area contributed by atoms with E-state index in [1.165, 1.54) is 16.7 Å². The zero-order chi connectivity index (χ0) is 18.0. The molecule has 0 amide bonds. The Morgan fingerprint density at radius 2 is 1.39 bits per heavy atom. The number of hydrogen-bond acceptors (Lipinski definition) is 2. The van der Waals surface area contributed by atoms with Gasteiger partial charge in [-0.25, -0.2) is 0 Å². The molecule has 0 heterocycles. The van der Waals surface area contributed by atoms with Gasteiger partial charge in [-0.05, 0) is 41.2 Å². The standard InChI is InChI=1S/C21H37NO/c1-14(10-11-22)15(2)16-12-17(20(3,4)5)19(23-9)18(13-16)21(6,7)8/h12-15H,10-11,22H2,1-9H3. The van der Waals surface area contributed by atoms with E-state index in [1.807, 2.05) is 0 Å². The van der Waals surface area contributed by atoms with Crippen molar-refractivity contribution in [2.75, 3.05) is 13.7 Å². The molecule has 0 spiro atoms. The molecule has 0 fully saturated rings. The van der Waals surface area contributed by atoms with E-state index in [9.17, 15) is 0 Å². The lowest BCUT2D eigenvalue weighted by molar-refractivity contribution is 0.379. The molecular weight excluding hydrogens is 282 g/mol. The van der Waals surface area contributed by atoms with Crippen LogP contribution in [0.15, 0.2) is 12.1 Å². The second kappa shape index (κ2) is 7.25. The Balaban J connectivity index is 3.56. The van der Waals surface area contributed by atoms with Crippen LogP contribution in [0.2, 0.25) is 0 Å². The molecule has 2 heteroatoms. The fourth-order valence-electron chi connectivity index (χ4n) is 3.09. The minimum atomic E-state index is 0.0537. The summed E-state index contributed by atoms with van der Waals surface area (Å²) in [7, 11) is 1.79. The van der Waals surface area contributed by atoms with Crippen LogP contribution in [0, 0.1) is 5.92 Å². The zero-order valence-corrected chi connectivity index (χ0v) is 16.7. The minimum Gasteiger partial charge on any atom is -0.496 e. The molecule has 0 bridgehead atoms. The van der Waals surface area contributed by atoms with E-state index in [0.29, 0.717) is 11.8 Å². The van der Waals surface area contributed by atoms with Crippen molar-refractivity contribution >= 4 is 0 Å². The lowest BCUT2D eigenvalue weighted by Gasteiger charge is -2.32. The summed E-state index contributed by atoms with van der Waals surface area (Å²) in [6.07, 6.45) is 1.06. The first-order chi connectivity index (χ1) is 10.4. The highest BCUT2D eigenvalue weighted by atomic mass is 16.5. The molecule has 0 radical (unpaired) electrons. The number of benzene rings is 1. The van der Waals surface area contributed by atoms with Gasteiger partial charge in [0.25, 0.3) is 0 Å². The summed E-state index contributed by atoms with van der Waals surface area (Å²) in [6, 6.07) is 4.71. The molecule has 1 rings (SSSR count). The molecule has 0 saturated carbocycles. The van der Waals surface area contributed by atoms with Crippen LogP contribution in [-0.4, -0.2) is 13.7 Å². The van der Waals surface area contributed by atoms with Crippen molar-refractivity contribution in [2.24, 2.45) is 11.7 Å². The minimum absolute atomic E-state index is 0.0537. The number of ether oxygens (including phenoxy) is 1. The van der Waals surface area contributed by atoms with Crippen molar-refractivity contribution in [2.45, 2.75) is 78.6 Å². The van der Waals surface area contributed by atoms with Crippen LogP contribution >= 0.6 is 0 Å². The quantitative estimate of drug-likeness (QED) is 0.791. The maximum atomic E-state index is 5.85. The molecule has 2 unspecified atom stereocenters. The van der Waals surface area contributed by atoms with Crippen molar-refractivity contribution in [3.63, 3.8) is 0 Å². The first-order valence-corrected chi connectivity index (χ1v) is 8.86. The second-order valence-electron chi connectivity index (χ2n) is 8.99. The first kappa shape index (κ1) is 20.0. The van der Waals surface area contributed by atoms with E-state index in [-0.39, 0.29) is 10.8 Å². The van der Waals surface area contributed by atoms with E-state index in [4.69, 9.17) is 10.5 Å². The molecule has 23 heavy (non-hydrogen) atoms. The summed E-state index contributed by atoms with van der Waals surface area (Å²) in [6.45, 7) is 18.9. The number of rotatable bonds is 5. The van der Waals surface area contributed by atoms with Gasteiger partial charge in [0.1, 0.15) is 5.75 Å². The third kappa shape index (κ3) is 4.73. The number of nitrogens with two attached hydrogens (primary N) is 1. The summed E-state index contributed by atoms with van der Waals surface area (Å²) >= 11 is 0. The van der Waals surface area contributed by atoms with Gasteiger partial charge < -0.3 is 10.5 Å². The largest absolute Gasteiger partial charge is 0.496 e. The molecule has 0 aliphatic carbocycles. The third-order valence-corrected chi connectivity index (χ3v) is 4.93. The molecule has 132 valence electrons. The molecule has 0 saturated heterocycles. The molecule has 2 N–H and O–H groups in total. The number of methoxy groups -OCH3 is 1. The maximum absolute atomic E-state index is 5.85. The van der Waals surface area contributed by atoms with Gasteiger partial charge in [-0.3, -0.25) is 0 Å². The Hall–Kier alpha value is -1.02. The van der Waals surface area contributed by atoms with Crippen LogP contribution in [-0.2, 0) is 10.8 Å². The summed E-state index contributed by atoms with van der Waals surface area (Å²) < 4.78 is 5.85. The molecule has 1 aromatic carbocycles. The predicted octanol–water partition coefficient (Wildman–Crippen LogP) is 5.38. The smallest absolute Gasteiger partial charge is 0.126 e. The van der Waals surface area contributed by atoms with Crippen molar-refractivity contribution in [1.29, 1.82) is 0 Å². The fraction of sp³-hybridized carbons (Fsp3) is 0.714. The van der Waals surface area contributed by atoms with Crippen LogP contribution in [0.25, 0.3) is 0 Å². The fourth-order valence-corrected chi connectivity index (χ4v) is 3.09. The van der Waals surface area contributed by atoms with E-state index >= 15 is 0 Å². The SMILES string of the molecule is COc1c(C(C)(C)C)cc(C(C)C(C)CCN)cc1C(C)(C)C. The van der Waals surface area contributed by atoms with Gasteiger partial charge in [0.05, 0.1) is 7.11 Å². The average Bonchev–Trinajstić information content (AvgIpc) is 2.43. The lowest BCUT2D eigenvalue weighted by atomic mass is 9.75. The van der Waals surface area contributed by atoms with Crippen molar-refractivity contribution in [1.82, 2.24) is 0 Å². The van der Waals surface area contributed by atoms with Crippen molar-refractivity contribution < 1.29 is 4.74 Å². The van der Waals surface area contributed by atoms with Crippen molar-refractivity contribution in [3.05, 3.63) is 28.8 Å². The summed E-state index contributed by atoms with van der Waals surface area (Å²) in [4.78, 5) is 0. The zero-order valence-electron chi connectivity index (χ0n) is 16.7. The topological polar surface area (TPSA) is 35.2 Å². The average molecular weight is 320 g/mol. The van der Waals surface area contributed by atoms with Crippen LogP contribution < -0.4 is 10.5 Å². The highest BCUT2D eigenvalue weighted by Crippen LogP contribution is 2.42. The monoisotopic (exact) mass is 319 g/mol.